The van der Waals surface area contributed by atoms with Gasteiger partial charge in [0, 0.05) is 38.8 Å². The van der Waals surface area contributed by atoms with Gasteiger partial charge in [-0.1, -0.05) is 6.07 Å². The number of nitrogens with one attached hydrogen (secondary N) is 1. The van der Waals surface area contributed by atoms with Gasteiger partial charge in [0.2, 0.25) is 5.91 Å². The molecule has 1 fully saturated rings. The van der Waals surface area contributed by atoms with Gasteiger partial charge < -0.3 is 15.1 Å². The van der Waals surface area contributed by atoms with E-state index in [0.717, 1.165) is 12.1 Å². The molecule has 2 amide bonds. The number of aromatic nitrogens is 2. The summed E-state index contributed by atoms with van der Waals surface area (Å²) in [6, 6.07) is 7.65. The number of nitrogens with zero attached hydrogens (tertiary/aromatic N) is 4. The lowest BCUT2D eigenvalue weighted by molar-refractivity contribution is -0.137. The predicted octanol–water partition coefficient (Wildman–Crippen LogP) is 2.54. The van der Waals surface area contributed by atoms with Crippen LogP contribution in [0.2, 0.25) is 0 Å². The summed E-state index contributed by atoms with van der Waals surface area (Å²) in [7, 11) is 0. The van der Waals surface area contributed by atoms with Crippen LogP contribution in [0.25, 0.3) is 0 Å². The minimum Gasteiger partial charge on any atom is -0.339 e. The Morgan fingerprint density at radius 1 is 1.00 bits per heavy atom. The molecule has 1 saturated heterocycles. The molecule has 1 aliphatic rings. The lowest BCUT2D eigenvalue weighted by Crippen LogP contribution is -2.50. The molecule has 2 aromatic rings. The molecule has 1 N–H and O–H groups in total. The maximum Gasteiger partial charge on any atom is 0.416 e. The number of benzene rings is 1. The van der Waals surface area contributed by atoms with E-state index in [-0.39, 0.29) is 29.0 Å². The number of halogens is 3. The zero-order valence-electron chi connectivity index (χ0n) is 15.0. The SMILES string of the molecule is CC(=O)N1CCN(C(=O)c2ccc(Nc3cccc(C(F)(F)F)c3)nn2)CC1. The smallest absolute Gasteiger partial charge is 0.339 e. The second-order valence-corrected chi connectivity index (χ2v) is 6.31. The molecular weight excluding hydrogens is 375 g/mol. The number of carbonyl (C=O) groups is 2. The number of piperazine rings is 1. The summed E-state index contributed by atoms with van der Waals surface area (Å²) in [5.74, 6) is -0.115. The van der Waals surface area contributed by atoms with Crippen molar-refractivity contribution in [2.24, 2.45) is 0 Å². The van der Waals surface area contributed by atoms with Crippen LogP contribution in [0.4, 0.5) is 24.7 Å². The Kier molecular flexibility index (Phi) is 5.48. The van der Waals surface area contributed by atoms with Gasteiger partial charge in [-0.25, -0.2) is 0 Å². The van der Waals surface area contributed by atoms with Gasteiger partial charge in [0.05, 0.1) is 5.56 Å². The van der Waals surface area contributed by atoms with Gasteiger partial charge in [-0.2, -0.15) is 13.2 Å². The van der Waals surface area contributed by atoms with Gasteiger partial charge in [0.1, 0.15) is 0 Å². The highest BCUT2D eigenvalue weighted by molar-refractivity contribution is 5.92. The second kappa shape index (κ2) is 7.83. The highest BCUT2D eigenvalue weighted by Gasteiger charge is 2.30. The maximum absolute atomic E-state index is 12.8. The van der Waals surface area contributed by atoms with E-state index < -0.39 is 11.7 Å². The van der Waals surface area contributed by atoms with E-state index in [9.17, 15) is 22.8 Å². The molecule has 0 atom stereocenters. The van der Waals surface area contributed by atoms with Crippen LogP contribution >= 0.6 is 0 Å². The van der Waals surface area contributed by atoms with Crippen LogP contribution in [0.15, 0.2) is 36.4 Å². The van der Waals surface area contributed by atoms with Crippen molar-refractivity contribution < 1.29 is 22.8 Å². The molecule has 10 heteroatoms. The first-order valence-corrected chi connectivity index (χ1v) is 8.57. The number of anilines is 2. The van der Waals surface area contributed by atoms with Gasteiger partial charge in [0.25, 0.3) is 5.91 Å². The molecule has 2 heterocycles. The Labute approximate surface area is 159 Å². The third-order valence-electron chi connectivity index (χ3n) is 4.36. The Morgan fingerprint density at radius 3 is 2.25 bits per heavy atom. The highest BCUT2D eigenvalue weighted by atomic mass is 19.4. The van der Waals surface area contributed by atoms with Crippen LogP contribution in [0.1, 0.15) is 23.0 Å². The largest absolute Gasteiger partial charge is 0.416 e. The van der Waals surface area contributed by atoms with Crippen molar-refractivity contribution in [3.05, 3.63) is 47.7 Å². The van der Waals surface area contributed by atoms with Crippen molar-refractivity contribution in [3.8, 4) is 0 Å². The van der Waals surface area contributed by atoms with Gasteiger partial charge >= 0.3 is 6.18 Å². The van der Waals surface area contributed by atoms with Crippen LogP contribution in [0.5, 0.6) is 0 Å². The Hall–Kier alpha value is -3.17. The average molecular weight is 393 g/mol. The van der Waals surface area contributed by atoms with Crippen molar-refractivity contribution in [3.63, 3.8) is 0 Å². The van der Waals surface area contributed by atoms with Crippen LogP contribution in [0.3, 0.4) is 0 Å². The summed E-state index contributed by atoms with van der Waals surface area (Å²) in [6.07, 6.45) is -4.44. The van der Waals surface area contributed by atoms with E-state index in [0.29, 0.717) is 26.2 Å². The highest BCUT2D eigenvalue weighted by Crippen LogP contribution is 2.31. The molecule has 0 spiro atoms. The summed E-state index contributed by atoms with van der Waals surface area (Å²) in [6.45, 7) is 3.22. The molecule has 7 nitrogen and oxygen atoms in total. The molecular formula is C18H18F3N5O2. The average Bonchev–Trinajstić information content (AvgIpc) is 2.68. The molecule has 1 aliphatic heterocycles. The summed E-state index contributed by atoms with van der Waals surface area (Å²) in [4.78, 5) is 27.1. The Bertz CT molecular complexity index is 862. The van der Waals surface area contributed by atoms with E-state index in [2.05, 4.69) is 15.5 Å². The quantitative estimate of drug-likeness (QED) is 0.867. The number of hydrogen-bond donors (Lipinski definition) is 1. The summed E-state index contributed by atoms with van der Waals surface area (Å²) in [5, 5.41) is 10.5. The fourth-order valence-electron chi connectivity index (χ4n) is 2.82. The van der Waals surface area contributed by atoms with Crippen LogP contribution in [-0.4, -0.2) is 58.0 Å². The maximum atomic E-state index is 12.8. The molecule has 0 unspecified atom stereocenters. The van der Waals surface area contributed by atoms with E-state index in [1.165, 1.54) is 31.2 Å². The predicted molar refractivity (Wildman–Crippen MR) is 94.9 cm³/mol. The molecule has 1 aromatic carbocycles. The fraction of sp³-hybridized carbons (Fsp3) is 0.333. The number of rotatable bonds is 3. The molecule has 0 radical (unpaired) electrons. The van der Waals surface area contributed by atoms with Gasteiger partial charge in [-0.15, -0.1) is 10.2 Å². The molecule has 0 bridgehead atoms. The molecule has 0 aliphatic carbocycles. The minimum absolute atomic E-state index is 0.0306. The summed E-state index contributed by atoms with van der Waals surface area (Å²) in [5.41, 5.74) is -0.434. The molecule has 1 aromatic heterocycles. The van der Waals surface area contributed by atoms with E-state index in [4.69, 9.17) is 0 Å². The second-order valence-electron chi connectivity index (χ2n) is 6.31. The third kappa shape index (κ3) is 4.56. The van der Waals surface area contributed by atoms with E-state index in [1.807, 2.05) is 0 Å². The van der Waals surface area contributed by atoms with E-state index in [1.54, 1.807) is 9.80 Å². The van der Waals surface area contributed by atoms with E-state index >= 15 is 0 Å². The van der Waals surface area contributed by atoms with Gasteiger partial charge in [-0.05, 0) is 30.3 Å². The Morgan fingerprint density at radius 2 is 1.68 bits per heavy atom. The van der Waals surface area contributed by atoms with Crippen LogP contribution in [0, 0.1) is 0 Å². The minimum atomic E-state index is -4.44. The first kappa shape index (κ1) is 19.6. The standard InChI is InChI=1S/C18H18F3N5O2/c1-12(27)25-7-9-26(10-8-25)17(28)15-5-6-16(24-23-15)22-14-4-2-3-13(11-14)18(19,20)21/h2-6,11H,7-10H2,1H3,(H,22,24). The number of hydrogen-bond acceptors (Lipinski definition) is 5. The normalized spacial score (nSPS) is 14.7. The molecule has 148 valence electrons. The van der Waals surface area contributed by atoms with Crippen molar-refractivity contribution in [1.82, 2.24) is 20.0 Å². The molecule has 28 heavy (non-hydrogen) atoms. The van der Waals surface area contributed by atoms with Crippen molar-refractivity contribution in [2.45, 2.75) is 13.1 Å². The van der Waals surface area contributed by atoms with Crippen molar-refractivity contribution in [2.75, 3.05) is 31.5 Å². The zero-order chi connectivity index (χ0) is 20.3. The number of carbonyl (C=O) groups excluding carboxylic acids is 2. The van der Waals surface area contributed by atoms with Gasteiger partial charge in [-0.3, -0.25) is 9.59 Å². The number of alkyl halides is 3. The first-order chi connectivity index (χ1) is 13.2. The van der Waals surface area contributed by atoms with Gasteiger partial charge in [0.15, 0.2) is 11.5 Å². The topological polar surface area (TPSA) is 78.4 Å². The molecule has 0 saturated carbocycles. The lowest BCUT2D eigenvalue weighted by atomic mass is 10.2. The van der Waals surface area contributed by atoms with Crippen LogP contribution in [-0.2, 0) is 11.0 Å². The van der Waals surface area contributed by atoms with Crippen molar-refractivity contribution >= 4 is 23.3 Å². The van der Waals surface area contributed by atoms with Crippen LogP contribution < -0.4 is 5.32 Å². The Balaban J connectivity index is 1.64. The summed E-state index contributed by atoms with van der Waals surface area (Å²) >= 11 is 0. The molecule has 3 rings (SSSR count). The fourth-order valence-corrected chi connectivity index (χ4v) is 2.82. The monoisotopic (exact) mass is 393 g/mol. The third-order valence-corrected chi connectivity index (χ3v) is 4.36. The number of amides is 2. The first-order valence-electron chi connectivity index (χ1n) is 8.57. The summed E-state index contributed by atoms with van der Waals surface area (Å²) < 4.78 is 38.3. The lowest BCUT2D eigenvalue weighted by Gasteiger charge is -2.33. The van der Waals surface area contributed by atoms with Crippen molar-refractivity contribution in [1.29, 1.82) is 0 Å². The zero-order valence-corrected chi connectivity index (χ0v) is 15.0.